The van der Waals surface area contributed by atoms with Crippen molar-refractivity contribution in [3.8, 4) is 0 Å². The lowest BCUT2D eigenvalue weighted by Crippen LogP contribution is -2.01. The van der Waals surface area contributed by atoms with E-state index in [1.54, 1.807) is 19.2 Å². The molecule has 3 heteroatoms. The molecular weight excluding hydrogens is 286 g/mol. The van der Waals surface area contributed by atoms with Crippen LogP contribution in [0.5, 0.6) is 0 Å². The van der Waals surface area contributed by atoms with Crippen molar-refractivity contribution in [3.05, 3.63) is 84.2 Å². The van der Waals surface area contributed by atoms with Gasteiger partial charge in [-0.1, -0.05) is 42.5 Å². The molecular formula is C20H17NO2. The van der Waals surface area contributed by atoms with Crippen LogP contribution in [0.25, 0.3) is 16.3 Å². The van der Waals surface area contributed by atoms with Gasteiger partial charge in [0.1, 0.15) is 0 Å². The van der Waals surface area contributed by atoms with Gasteiger partial charge in [0.2, 0.25) is 0 Å². The van der Waals surface area contributed by atoms with Gasteiger partial charge in [-0.15, -0.1) is 0 Å². The Labute approximate surface area is 135 Å². The summed E-state index contributed by atoms with van der Waals surface area (Å²) in [7, 11) is 0. The zero-order valence-corrected chi connectivity index (χ0v) is 12.9. The van der Waals surface area contributed by atoms with Crippen LogP contribution in [0.3, 0.4) is 0 Å². The third-order valence-corrected chi connectivity index (χ3v) is 3.59. The summed E-state index contributed by atoms with van der Waals surface area (Å²) < 4.78 is 5.08. The third-order valence-electron chi connectivity index (χ3n) is 3.59. The first kappa shape index (κ1) is 15.0. The molecule has 0 saturated heterocycles. The predicted molar refractivity (Wildman–Crippen MR) is 91.9 cm³/mol. The van der Waals surface area contributed by atoms with Crippen LogP contribution in [0, 0.1) is 0 Å². The molecule has 2 aromatic carbocycles. The molecule has 0 bridgehead atoms. The van der Waals surface area contributed by atoms with Crippen LogP contribution in [-0.4, -0.2) is 17.6 Å². The molecule has 0 spiro atoms. The molecule has 0 aliphatic rings. The standard InChI is InChI=1S/C20H17NO2/c1-2-23-20(22)13-19(15-6-4-3-5-7-15)17-8-9-18-14-21-11-10-16(18)12-17/h3-14H,2H2,1H3. The summed E-state index contributed by atoms with van der Waals surface area (Å²) in [5, 5.41) is 2.16. The van der Waals surface area contributed by atoms with Gasteiger partial charge in [-0.2, -0.15) is 0 Å². The van der Waals surface area contributed by atoms with Gasteiger partial charge in [0.15, 0.2) is 0 Å². The lowest BCUT2D eigenvalue weighted by Gasteiger charge is -2.10. The molecule has 1 aromatic heterocycles. The SMILES string of the molecule is CCOC(=O)C=C(c1ccccc1)c1ccc2cnccc2c1. The van der Waals surface area contributed by atoms with E-state index in [-0.39, 0.29) is 5.97 Å². The van der Waals surface area contributed by atoms with Gasteiger partial charge in [0.05, 0.1) is 6.61 Å². The summed E-state index contributed by atoms with van der Waals surface area (Å²) in [6.07, 6.45) is 5.15. The zero-order valence-electron chi connectivity index (χ0n) is 12.9. The number of aromatic nitrogens is 1. The van der Waals surface area contributed by atoms with E-state index in [0.717, 1.165) is 27.5 Å². The van der Waals surface area contributed by atoms with E-state index in [2.05, 4.69) is 11.1 Å². The second kappa shape index (κ2) is 6.88. The Morgan fingerprint density at radius 2 is 1.87 bits per heavy atom. The maximum Gasteiger partial charge on any atom is 0.331 e. The van der Waals surface area contributed by atoms with Crippen LogP contribution in [0.1, 0.15) is 18.1 Å². The van der Waals surface area contributed by atoms with Gasteiger partial charge in [-0.3, -0.25) is 4.98 Å². The largest absolute Gasteiger partial charge is 0.463 e. The Hall–Kier alpha value is -2.94. The van der Waals surface area contributed by atoms with Gasteiger partial charge < -0.3 is 4.74 Å². The van der Waals surface area contributed by atoms with Crippen LogP contribution < -0.4 is 0 Å². The number of ether oxygens (including phenoxy) is 1. The van der Waals surface area contributed by atoms with E-state index in [1.807, 2.05) is 54.7 Å². The normalized spacial score (nSPS) is 11.4. The minimum Gasteiger partial charge on any atom is -0.463 e. The van der Waals surface area contributed by atoms with Gasteiger partial charge >= 0.3 is 5.97 Å². The number of carbonyl (C=O) groups excluding carboxylic acids is 1. The van der Waals surface area contributed by atoms with Gasteiger partial charge in [0, 0.05) is 23.9 Å². The molecule has 0 amide bonds. The van der Waals surface area contributed by atoms with E-state index in [0.29, 0.717) is 6.61 Å². The van der Waals surface area contributed by atoms with Crippen molar-refractivity contribution >= 4 is 22.3 Å². The number of fused-ring (bicyclic) bond motifs is 1. The minimum atomic E-state index is -0.332. The number of hydrogen-bond acceptors (Lipinski definition) is 3. The van der Waals surface area contributed by atoms with Gasteiger partial charge in [-0.05, 0) is 41.1 Å². The minimum absolute atomic E-state index is 0.332. The van der Waals surface area contributed by atoms with Crippen molar-refractivity contribution in [2.75, 3.05) is 6.61 Å². The smallest absolute Gasteiger partial charge is 0.331 e. The third kappa shape index (κ3) is 3.46. The number of pyridine rings is 1. The first-order chi connectivity index (χ1) is 11.3. The quantitative estimate of drug-likeness (QED) is 0.535. The molecule has 0 atom stereocenters. The average Bonchev–Trinajstić information content (AvgIpc) is 2.60. The number of carbonyl (C=O) groups is 1. The van der Waals surface area contributed by atoms with E-state index in [9.17, 15) is 4.79 Å². The van der Waals surface area contributed by atoms with E-state index in [4.69, 9.17) is 4.74 Å². The predicted octanol–water partition coefficient (Wildman–Crippen LogP) is 4.23. The van der Waals surface area contributed by atoms with E-state index < -0.39 is 0 Å². The molecule has 23 heavy (non-hydrogen) atoms. The number of hydrogen-bond donors (Lipinski definition) is 0. The topological polar surface area (TPSA) is 39.2 Å². The molecule has 0 unspecified atom stereocenters. The first-order valence-corrected chi connectivity index (χ1v) is 7.56. The molecule has 0 N–H and O–H groups in total. The fourth-order valence-corrected chi connectivity index (χ4v) is 2.50. The fraction of sp³-hybridized carbons (Fsp3) is 0.100. The Kier molecular flexibility index (Phi) is 4.48. The zero-order chi connectivity index (χ0) is 16.1. The molecule has 3 nitrogen and oxygen atoms in total. The maximum absolute atomic E-state index is 12.0. The maximum atomic E-state index is 12.0. The van der Waals surface area contributed by atoms with E-state index >= 15 is 0 Å². The summed E-state index contributed by atoms with van der Waals surface area (Å²) in [6.45, 7) is 2.16. The second-order valence-corrected chi connectivity index (χ2v) is 5.11. The molecule has 0 aliphatic heterocycles. The van der Waals surface area contributed by atoms with E-state index in [1.165, 1.54) is 0 Å². The number of benzene rings is 2. The highest BCUT2D eigenvalue weighted by Crippen LogP contribution is 2.26. The number of esters is 1. The molecule has 3 rings (SSSR count). The molecule has 0 saturated carbocycles. The highest BCUT2D eigenvalue weighted by atomic mass is 16.5. The van der Waals surface area contributed by atoms with Gasteiger partial charge in [0.25, 0.3) is 0 Å². The molecule has 0 radical (unpaired) electrons. The summed E-state index contributed by atoms with van der Waals surface area (Å²) >= 11 is 0. The second-order valence-electron chi connectivity index (χ2n) is 5.11. The van der Waals surface area contributed by atoms with Crippen molar-refractivity contribution in [2.45, 2.75) is 6.92 Å². The fourth-order valence-electron chi connectivity index (χ4n) is 2.50. The Morgan fingerprint density at radius 3 is 2.65 bits per heavy atom. The summed E-state index contributed by atoms with van der Waals surface area (Å²) in [5.41, 5.74) is 2.81. The Balaban J connectivity index is 2.11. The molecule has 3 aromatic rings. The van der Waals surface area contributed by atoms with Crippen molar-refractivity contribution in [1.29, 1.82) is 0 Å². The van der Waals surface area contributed by atoms with Crippen LogP contribution in [-0.2, 0) is 9.53 Å². The van der Waals surface area contributed by atoms with Crippen molar-refractivity contribution in [1.82, 2.24) is 4.98 Å². The van der Waals surface area contributed by atoms with Crippen LogP contribution in [0.15, 0.2) is 73.1 Å². The highest BCUT2D eigenvalue weighted by Gasteiger charge is 2.09. The number of rotatable bonds is 4. The average molecular weight is 303 g/mol. The monoisotopic (exact) mass is 303 g/mol. The van der Waals surface area contributed by atoms with Crippen molar-refractivity contribution in [2.24, 2.45) is 0 Å². The molecule has 0 fully saturated rings. The Bertz CT molecular complexity index is 854. The van der Waals surface area contributed by atoms with Crippen LogP contribution in [0.4, 0.5) is 0 Å². The van der Waals surface area contributed by atoms with Crippen molar-refractivity contribution < 1.29 is 9.53 Å². The molecule has 1 heterocycles. The first-order valence-electron chi connectivity index (χ1n) is 7.56. The summed E-state index contributed by atoms with van der Waals surface area (Å²) in [6, 6.07) is 17.9. The lowest BCUT2D eigenvalue weighted by molar-refractivity contribution is -0.137. The summed E-state index contributed by atoms with van der Waals surface area (Å²) in [5.74, 6) is -0.332. The molecule has 114 valence electrons. The van der Waals surface area contributed by atoms with Gasteiger partial charge in [-0.25, -0.2) is 4.79 Å². The van der Waals surface area contributed by atoms with Crippen LogP contribution >= 0.6 is 0 Å². The summed E-state index contributed by atoms with van der Waals surface area (Å²) in [4.78, 5) is 16.1. The molecule has 0 aliphatic carbocycles. The van der Waals surface area contributed by atoms with Crippen molar-refractivity contribution in [3.63, 3.8) is 0 Å². The highest BCUT2D eigenvalue weighted by molar-refractivity contribution is 5.98. The van der Waals surface area contributed by atoms with Crippen LogP contribution in [0.2, 0.25) is 0 Å². The number of nitrogens with zero attached hydrogens (tertiary/aromatic N) is 1. The Morgan fingerprint density at radius 1 is 1.04 bits per heavy atom. The lowest BCUT2D eigenvalue weighted by atomic mass is 9.96.